The van der Waals surface area contributed by atoms with Crippen molar-refractivity contribution in [1.29, 1.82) is 0 Å². The molecule has 4 aromatic rings. The summed E-state index contributed by atoms with van der Waals surface area (Å²) in [6.07, 6.45) is 0.733. The number of carbonyl (C=O) groups excluding carboxylic acids is 1. The van der Waals surface area contributed by atoms with Gasteiger partial charge < -0.3 is 14.4 Å². The van der Waals surface area contributed by atoms with Crippen molar-refractivity contribution in [2.45, 2.75) is 13.0 Å². The molecule has 1 heterocycles. The molecule has 8 heteroatoms. The van der Waals surface area contributed by atoms with E-state index >= 15 is 0 Å². The lowest BCUT2D eigenvalue weighted by Gasteiger charge is -2.07. The summed E-state index contributed by atoms with van der Waals surface area (Å²) < 4.78 is 8.01. The summed E-state index contributed by atoms with van der Waals surface area (Å²) in [7, 11) is 0. The highest BCUT2D eigenvalue weighted by molar-refractivity contribution is 9.10. The van der Waals surface area contributed by atoms with Gasteiger partial charge in [-0.15, -0.1) is 10.2 Å². The number of rotatable bonds is 7. The van der Waals surface area contributed by atoms with Gasteiger partial charge in [-0.05, 0) is 48.4 Å². The van der Waals surface area contributed by atoms with Crippen molar-refractivity contribution in [3.8, 4) is 11.6 Å². The van der Waals surface area contributed by atoms with Gasteiger partial charge in [0.15, 0.2) is 12.3 Å². The van der Waals surface area contributed by atoms with Crippen LogP contribution in [-0.2, 0) is 17.8 Å². The second kappa shape index (κ2) is 9.97. The first-order valence-electron chi connectivity index (χ1n) is 9.89. The van der Waals surface area contributed by atoms with Gasteiger partial charge in [-0.25, -0.2) is 0 Å². The van der Waals surface area contributed by atoms with E-state index in [1.165, 1.54) is 0 Å². The minimum Gasteiger partial charge on any atom is -0.493 e. The molecule has 0 atom stereocenters. The normalized spacial score (nSPS) is 11.3. The van der Waals surface area contributed by atoms with E-state index in [-0.39, 0.29) is 18.2 Å². The number of azo groups is 1. The fourth-order valence-corrected chi connectivity index (χ4v) is 3.88. The molecule has 1 aromatic heterocycles. The Hall–Kier alpha value is -3.16. The standard InChI is InChI=1S/C24H19BrClN3O3/c25-17-9-10-21-20(13-17)23(24(31)29(21)12-11-16-5-2-1-3-6-16)28-27-22(30)15-32-19-8-4-7-18(26)14-19/h1-10,13-14,31H,11-12,15H2. The van der Waals surface area contributed by atoms with Crippen molar-refractivity contribution >= 4 is 50.0 Å². The molecule has 0 fully saturated rings. The molecule has 1 N–H and O–H groups in total. The fourth-order valence-electron chi connectivity index (χ4n) is 3.34. The van der Waals surface area contributed by atoms with E-state index in [9.17, 15) is 9.90 Å². The number of nitrogens with zero attached hydrogens (tertiary/aromatic N) is 3. The molecule has 1 amide bonds. The molecule has 0 aliphatic rings. The Morgan fingerprint density at radius 3 is 2.66 bits per heavy atom. The second-order valence-electron chi connectivity index (χ2n) is 7.06. The molecular weight excluding hydrogens is 494 g/mol. The maximum atomic E-state index is 12.2. The minimum absolute atomic E-state index is 0.0404. The number of amides is 1. The molecule has 0 bridgehead atoms. The van der Waals surface area contributed by atoms with E-state index in [1.54, 1.807) is 28.8 Å². The van der Waals surface area contributed by atoms with Gasteiger partial charge in [-0.3, -0.25) is 4.79 Å². The highest BCUT2D eigenvalue weighted by Gasteiger charge is 2.17. The van der Waals surface area contributed by atoms with Crippen LogP contribution in [0.1, 0.15) is 5.56 Å². The SMILES string of the molecule is O=C(COc1cccc(Cl)c1)N=Nc1c(O)n(CCc2ccccc2)c2ccc(Br)cc12. The molecule has 6 nitrogen and oxygen atoms in total. The van der Waals surface area contributed by atoms with Gasteiger partial charge in [-0.1, -0.05) is 63.9 Å². The summed E-state index contributed by atoms with van der Waals surface area (Å²) in [5.74, 6) is -0.156. The monoisotopic (exact) mass is 511 g/mol. The molecule has 4 rings (SSSR count). The van der Waals surface area contributed by atoms with Crippen molar-refractivity contribution in [3.63, 3.8) is 0 Å². The topological polar surface area (TPSA) is 76.2 Å². The summed E-state index contributed by atoms with van der Waals surface area (Å²) >= 11 is 9.37. The van der Waals surface area contributed by atoms with E-state index in [0.717, 1.165) is 22.0 Å². The van der Waals surface area contributed by atoms with Crippen LogP contribution in [-0.4, -0.2) is 22.2 Å². The third-order valence-corrected chi connectivity index (χ3v) is 5.59. The van der Waals surface area contributed by atoms with Gasteiger partial charge in [0.2, 0.25) is 5.88 Å². The maximum Gasteiger partial charge on any atom is 0.302 e. The lowest BCUT2D eigenvalue weighted by molar-refractivity contribution is -0.120. The highest BCUT2D eigenvalue weighted by Crippen LogP contribution is 2.40. The van der Waals surface area contributed by atoms with Gasteiger partial charge in [0, 0.05) is 21.4 Å². The number of benzene rings is 3. The van der Waals surface area contributed by atoms with Gasteiger partial charge >= 0.3 is 5.91 Å². The van der Waals surface area contributed by atoms with Gasteiger partial charge in [0.25, 0.3) is 0 Å². The molecule has 0 aliphatic heterocycles. The first-order valence-corrected chi connectivity index (χ1v) is 11.1. The zero-order chi connectivity index (χ0) is 22.5. The Labute approximate surface area is 198 Å². The van der Waals surface area contributed by atoms with Crippen molar-refractivity contribution in [1.82, 2.24) is 4.57 Å². The number of aromatic nitrogens is 1. The fraction of sp³-hybridized carbons (Fsp3) is 0.125. The van der Waals surface area contributed by atoms with Crippen LogP contribution >= 0.6 is 27.5 Å². The molecule has 0 radical (unpaired) electrons. The number of aromatic hydroxyl groups is 1. The third kappa shape index (κ3) is 5.18. The zero-order valence-electron chi connectivity index (χ0n) is 16.9. The van der Waals surface area contributed by atoms with Gasteiger partial charge in [-0.2, -0.15) is 0 Å². The van der Waals surface area contributed by atoms with Crippen LogP contribution < -0.4 is 4.74 Å². The average Bonchev–Trinajstić information content (AvgIpc) is 3.05. The number of hydrogen-bond acceptors (Lipinski definition) is 4. The Balaban J connectivity index is 1.55. The van der Waals surface area contributed by atoms with Crippen molar-refractivity contribution in [2.24, 2.45) is 10.2 Å². The van der Waals surface area contributed by atoms with Crippen LogP contribution in [0, 0.1) is 0 Å². The molecule has 0 saturated carbocycles. The Morgan fingerprint density at radius 1 is 1.06 bits per heavy atom. The van der Waals surface area contributed by atoms with E-state index < -0.39 is 5.91 Å². The number of ether oxygens (including phenoxy) is 1. The number of halogens is 2. The maximum absolute atomic E-state index is 12.2. The van der Waals surface area contributed by atoms with Crippen LogP contribution in [0.3, 0.4) is 0 Å². The minimum atomic E-state index is -0.579. The molecule has 0 aliphatic carbocycles. The third-order valence-electron chi connectivity index (χ3n) is 4.86. The summed E-state index contributed by atoms with van der Waals surface area (Å²) in [5, 5.41) is 19.9. The summed E-state index contributed by atoms with van der Waals surface area (Å²) in [4.78, 5) is 12.2. The van der Waals surface area contributed by atoms with Gasteiger partial charge in [0.05, 0.1) is 5.52 Å². The molecule has 0 unspecified atom stereocenters. The summed E-state index contributed by atoms with van der Waals surface area (Å²) in [6, 6.07) is 22.4. The first-order chi connectivity index (χ1) is 15.5. The summed E-state index contributed by atoms with van der Waals surface area (Å²) in [5.41, 5.74) is 2.20. The van der Waals surface area contributed by atoms with Crippen molar-refractivity contribution in [3.05, 3.63) is 87.9 Å². The summed E-state index contributed by atoms with van der Waals surface area (Å²) in [6.45, 7) is 0.260. The van der Waals surface area contributed by atoms with E-state index in [2.05, 4.69) is 26.2 Å². The smallest absolute Gasteiger partial charge is 0.302 e. The molecular formula is C24H19BrClN3O3. The zero-order valence-corrected chi connectivity index (χ0v) is 19.3. The van der Waals surface area contributed by atoms with Crippen LogP contribution in [0.4, 0.5) is 5.69 Å². The molecule has 3 aromatic carbocycles. The van der Waals surface area contributed by atoms with Crippen LogP contribution in [0.15, 0.2) is 87.5 Å². The van der Waals surface area contributed by atoms with Crippen LogP contribution in [0.25, 0.3) is 10.9 Å². The number of fused-ring (bicyclic) bond motifs is 1. The second-order valence-corrected chi connectivity index (χ2v) is 8.41. The molecule has 0 spiro atoms. The Kier molecular flexibility index (Phi) is 6.87. The quantitative estimate of drug-likeness (QED) is 0.280. The molecule has 0 saturated heterocycles. The van der Waals surface area contributed by atoms with Crippen LogP contribution in [0.5, 0.6) is 11.6 Å². The van der Waals surface area contributed by atoms with E-state index in [4.69, 9.17) is 16.3 Å². The predicted molar refractivity (Wildman–Crippen MR) is 128 cm³/mol. The molecule has 32 heavy (non-hydrogen) atoms. The lowest BCUT2D eigenvalue weighted by Crippen LogP contribution is -2.07. The predicted octanol–water partition coefficient (Wildman–Crippen LogP) is 6.69. The Bertz CT molecular complexity index is 1290. The highest BCUT2D eigenvalue weighted by atomic mass is 79.9. The van der Waals surface area contributed by atoms with E-state index in [0.29, 0.717) is 22.7 Å². The van der Waals surface area contributed by atoms with Crippen LogP contribution in [0.2, 0.25) is 5.02 Å². The lowest BCUT2D eigenvalue weighted by atomic mass is 10.1. The largest absolute Gasteiger partial charge is 0.493 e. The number of hydrogen-bond donors (Lipinski definition) is 1. The van der Waals surface area contributed by atoms with Crippen molar-refractivity contribution < 1.29 is 14.6 Å². The van der Waals surface area contributed by atoms with Gasteiger partial charge in [0.1, 0.15) is 5.75 Å². The van der Waals surface area contributed by atoms with E-state index in [1.807, 2.05) is 48.5 Å². The number of carbonyl (C=O) groups is 1. The Morgan fingerprint density at radius 2 is 1.88 bits per heavy atom. The average molecular weight is 513 g/mol. The molecule has 162 valence electrons. The first kappa shape index (κ1) is 22.0. The number of aryl methyl sites for hydroxylation is 2. The van der Waals surface area contributed by atoms with Crippen molar-refractivity contribution in [2.75, 3.05) is 6.61 Å².